The number of ether oxygens (including phenoxy) is 1. The van der Waals surface area contributed by atoms with Gasteiger partial charge in [-0.2, -0.15) is 0 Å². The second-order valence-electron chi connectivity index (χ2n) is 5.32. The average molecular weight is 300 g/mol. The summed E-state index contributed by atoms with van der Waals surface area (Å²) in [6, 6.07) is 11.2. The first-order chi connectivity index (χ1) is 10.5. The van der Waals surface area contributed by atoms with Gasteiger partial charge in [-0.25, -0.2) is 4.39 Å². The van der Waals surface area contributed by atoms with E-state index < -0.39 is 5.54 Å². The van der Waals surface area contributed by atoms with Crippen molar-refractivity contribution in [2.24, 2.45) is 5.73 Å². The molecule has 4 nitrogen and oxygen atoms in total. The molecule has 1 unspecified atom stereocenters. The van der Waals surface area contributed by atoms with Gasteiger partial charge in [0.2, 0.25) is 0 Å². The Balaban J connectivity index is 2.18. The first-order valence-corrected chi connectivity index (χ1v) is 7.09. The lowest BCUT2D eigenvalue weighted by Crippen LogP contribution is -2.45. The maximum absolute atomic E-state index is 13.1. The van der Waals surface area contributed by atoms with Crippen LogP contribution in [0, 0.1) is 5.82 Å². The number of amides is 1. The highest BCUT2D eigenvalue weighted by atomic mass is 19.1. The van der Waals surface area contributed by atoms with E-state index in [1.165, 1.54) is 17.0 Å². The summed E-state index contributed by atoms with van der Waals surface area (Å²) in [4.78, 5) is 14.4. The molecule has 0 saturated carbocycles. The fourth-order valence-corrected chi connectivity index (χ4v) is 2.81. The van der Waals surface area contributed by atoms with Gasteiger partial charge in [0.05, 0.1) is 12.8 Å². The molecule has 1 amide bonds. The van der Waals surface area contributed by atoms with Gasteiger partial charge in [-0.3, -0.25) is 9.69 Å². The minimum atomic E-state index is -1.10. The maximum atomic E-state index is 13.1. The van der Waals surface area contributed by atoms with Gasteiger partial charge in [-0.05, 0) is 48.9 Å². The number of hydrogen-bond donors (Lipinski definition) is 1. The molecule has 1 aliphatic rings. The number of carbonyl (C=O) groups is 1. The number of benzene rings is 2. The predicted molar refractivity (Wildman–Crippen MR) is 82.7 cm³/mol. The normalized spacial score (nSPS) is 20.2. The number of anilines is 2. The molecular weight excluding hydrogens is 283 g/mol. The van der Waals surface area contributed by atoms with Crippen LogP contribution >= 0.6 is 0 Å². The number of methoxy groups -OCH3 is 1. The topological polar surface area (TPSA) is 55.6 Å². The number of halogens is 1. The van der Waals surface area contributed by atoms with E-state index in [-0.39, 0.29) is 11.7 Å². The number of carbonyl (C=O) groups excluding carboxylic acids is 1. The van der Waals surface area contributed by atoms with Crippen LogP contribution in [0.3, 0.4) is 0 Å². The van der Waals surface area contributed by atoms with Gasteiger partial charge in [0.15, 0.2) is 0 Å². The second kappa shape index (κ2) is 5.10. The summed E-state index contributed by atoms with van der Waals surface area (Å²) in [5, 5.41) is 0. The Labute approximate surface area is 128 Å². The van der Waals surface area contributed by atoms with Crippen LogP contribution in [0.4, 0.5) is 15.8 Å². The number of nitrogens with zero attached hydrogens (tertiary/aromatic N) is 1. The molecule has 114 valence electrons. The Hall–Kier alpha value is -2.40. The summed E-state index contributed by atoms with van der Waals surface area (Å²) >= 11 is 0. The van der Waals surface area contributed by atoms with Gasteiger partial charge >= 0.3 is 0 Å². The van der Waals surface area contributed by atoms with E-state index in [1.54, 1.807) is 37.4 Å². The fraction of sp³-hybridized carbons (Fsp3) is 0.235. The second-order valence-corrected chi connectivity index (χ2v) is 5.32. The Bertz CT molecular complexity index is 730. The summed E-state index contributed by atoms with van der Waals surface area (Å²) in [6.45, 7) is 1.87. The van der Waals surface area contributed by atoms with Crippen molar-refractivity contribution in [2.45, 2.75) is 18.9 Å². The molecule has 2 N–H and O–H groups in total. The quantitative estimate of drug-likeness (QED) is 0.947. The third kappa shape index (κ3) is 1.97. The molecule has 22 heavy (non-hydrogen) atoms. The van der Waals surface area contributed by atoms with Crippen LogP contribution in [-0.4, -0.2) is 13.0 Å². The van der Waals surface area contributed by atoms with E-state index in [0.717, 1.165) is 5.56 Å². The Kier molecular flexibility index (Phi) is 3.37. The summed E-state index contributed by atoms with van der Waals surface area (Å²) in [5.41, 5.74) is 7.31. The van der Waals surface area contributed by atoms with E-state index in [9.17, 15) is 9.18 Å². The number of rotatable bonds is 3. The van der Waals surface area contributed by atoms with Gasteiger partial charge in [0, 0.05) is 11.3 Å². The Morgan fingerprint density at radius 2 is 1.91 bits per heavy atom. The molecule has 1 heterocycles. The lowest BCUT2D eigenvalue weighted by molar-refractivity contribution is -0.122. The van der Waals surface area contributed by atoms with Crippen molar-refractivity contribution >= 4 is 17.3 Å². The highest BCUT2D eigenvalue weighted by Crippen LogP contribution is 2.45. The van der Waals surface area contributed by atoms with Crippen molar-refractivity contribution < 1.29 is 13.9 Å². The first kappa shape index (κ1) is 14.5. The van der Waals surface area contributed by atoms with E-state index in [4.69, 9.17) is 10.5 Å². The van der Waals surface area contributed by atoms with Crippen LogP contribution in [0.15, 0.2) is 42.5 Å². The molecule has 0 radical (unpaired) electrons. The van der Waals surface area contributed by atoms with Crippen molar-refractivity contribution in [3.8, 4) is 5.75 Å². The molecular formula is C17H17FN2O2. The average Bonchev–Trinajstić information content (AvgIpc) is 2.77. The number of hydrogen-bond acceptors (Lipinski definition) is 3. The molecule has 0 fully saturated rings. The zero-order valence-corrected chi connectivity index (χ0v) is 12.5. The van der Waals surface area contributed by atoms with E-state index in [0.29, 0.717) is 23.5 Å². The van der Waals surface area contributed by atoms with Crippen molar-refractivity contribution in [1.82, 2.24) is 0 Å². The lowest BCUT2D eigenvalue weighted by atomic mass is 9.90. The van der Waals surface area contributed by atoms with Gasteiger partial charge in [-0.1, -0.05) is 6.92 Å². The molecule has 3 rings (SSSR count). The largest absolute Gasteiger partial charge is 0.497 e. The smallest absolute Gasteiger partial charge is 0.256 e. The minimum Gasteiger partial charge on any atom is -0.497 e. The van der Waals surface area contributed by atoms with E-state index in [2.05, 4.69) is 0 Å². The molecule has 0 saturated heterocycles. The van der Waals surface area contributed by atoms with Crippen LogP contribution in [0.2, 0.25) is 0 Å². The fourth-order valence-electron chi connectivity index (χ4n) is 2.81. The van der Waals surface area contributed by atoms with Crippen LogP contribution in [0.5, 0.6) is 5.75 Å². The number of nitrogens with two attached hydrogens (primary N) is 1. The lowest BCUT2D eigenvalue weighted by Gasteiger charge is -2.22. The highest BCUT2D eigenvalue weighted by molar-refractivity contribution is 6.12. The summed E-state index contributed by atoms with van der Waals surface area (Å²) in [5.74, 6) is 0.0838. The maximum Gasteiger partial charge on any atom is 0.256 e. The standard InChI is InChI=1S/C17H17FN2O2/c1-3-17(19)14-10-13(22-2)8-9-15(14)20(16(17)21)12-6-4-11(18)5-7-12/h4-10H,3,19H2,1-2H3. The summed E-state index contributed by atoms with van der Waals surface area (Å²) in [7, 11) is 1.57. The Morgan fingerprint density at radius 1 is 1.23 bits per heavy atom. The molecule has 0 bridgehead atoms. The first-order valence-electron chi connectivity index (χ1n) is 7.09. The van der Waals surface area contributed by atoms with E-state index in [1.807, 2.05) is 6.92 Å². The molecule has 0 spiro atoms. The van der Waals surface area contributed by atoms with Crippen molar-refractivity contribution in [1.29, 1.82) is 0 Å². The van der Waals surface area contributed by atoms with Gasteiger partial charge in [-0.15, -0.1) is 0 Å². The van der Waals surface area contributed by atoms with Gasteiger partial charge in [0.25, 0.3) is 5.91 Å². The van der Waals surface area contributed by atoms with Gasteiger partial charge < -0.3 is 10.5 Å². The number of fused-ring (bicyclic) bond motifs is 1. The summed E-state index contributed by atoms with van der Waals surface area (Å²) < 4.78 is 18.4. The zero-order chi connectivity index (χ0) is 15.9. The molecule has 2 aromatic rings. The van der Waals surface area contributed by atoms with Crippen molar-refractivity contribution in [3.05, 3.63) is 53.8 Å². The summed E-state index contributed by atoms with van der Waals surface area (Å²) in [6.07, 6.45) is 0.462. The van der Waals surface area contributed by atoms with Crippen LogP contribution in [0.25, 0.3) is 0 Å². The molecule has 1 atom stereocenters. The minimum absolute atomic E-state index is 0.218. The molecule has 2 aromatic carbocycles. The van der Waals surface area contributed by atoms with Crippen LogP contribution in [0.1, 0.15) is 18.9 Å². The third-order valence-electron chi connectivity index (χ3n) is 4.15. The zero-order valence-electron chi connectivity index (χ0n) is 12.5. The third-order valence-corrected chi connectivity index (χ3v) is 4.15. The predicted octanol–water partition coefficient (Wildman–Crippen LogP) is 3.08. The van der Waals surface area contributed by atoms with Crippen LogP contribution in [-0.2, 0) is 10.3 Å². The highest BCUT2D eigenvalue weighted by Gasteiger charge is 2.47. The Morgan fingerprint density at radius 3 is 2.50 bits per heavy atom. The SMILES string of the molecule is CCC1(N)C(=O)N(c2ccc(F)cc2)c2ccc(OC)cc21. The van der Waals surface area contributed by atoms with Crippen molar-refractivity contribution in [2.75, 3.05) is 12.0 Å². The van der Waals surface area contributed by atoms with Gasteiger partial charge in [0.1, 0.15) is 17.1 Å². The van der Waals surface area contributed by atoms with Crippen LogP contribution < -0.4 is 15.4 Å². The monoisotopic (exact) mass is 300 g/mol. The molecule has 5 heteroatoms. The van der Waals surface area contributed by atoms with Crippen molar-refractivity contribution in [3.63, 3.8) is 0 Å². The molecule has 0 aliphatic carbocycles. The molecule has 0 aromatic heterocycles. The molecule has 1 aliphatic heterocycles. The van der Waals surface area contributed by atoms with E-state index >= 15 is 0 Å².